The number of hydrogen-bond acceptors (Lipinski definition) is 2. The zero-order chi connectivity index (χ0) is 12.0. The molecule has 2 fully saturated rings. The van der Waals surface area contributed by atoms with E-state index in [1.165, 1.54) is 25.7 Å². The van der Waals surface area contributed by atoms with Gasteiger partial charge in [0, 0.05) is 32.0 Å². The zero-order valence-electron chi connectivity index (χ0n) is 11.0. The summed E-state index contributed by atoms with van der Waals surface area (Å²) in [5.74, 6) is 0.235. The lowest BCUT2D eigenvalue weighted by Crippen LogP contribution is -2.31. The van der Waals surface area contributed by atoms with Gasteiger partial charge >= 0.3 is 0 Å². The molecule has 0 aromatic rings. The van der Waals surface area contributed by atoms with Gasteiger partial charge in [-0.3, -0.25) is 4.79 Å². The Labute approximate surface area is 99.6 Å². The van der Waals surface area contributed by atoms with Crippen LogP contribution in [0.3, 0.4) is 0 Å². The molecule has 2 aliphatic heterocycles. The second-order valence-corrected chi connectivity index (χ2v) is 5.12. The Hall–Kier alpha value is -0.570. The van der Waals surface area contributed by atoms with Crippen molar-refractivity contribution >= 4 is 5.91 Å². The predicted molar refractivity (Wildman–Crippen MR) is 67.4 cm³/mol. The average molecular weight is 226 g/mol. The van der Waals surface area contributed by atoms with Gasteiger partial charge in [0.05, 0.1) is 0 Å². The predicted octanol–water partition coefficient (Wildman–Crippen LogP) is 2.02. The van der Waals surface area contributed by atoms with Crippen LogP contribution in [-0.2, 0) is 4.79 Å². The second-order valence-electron chi connectivity index (χ2n) is 5.12. The molecule has 1 atom stereocenters. The van der Waals surface area contributed by atoms with E-state index in [4.69, 9.17) is 0 Å². The molecule has 0 saturated carbocycles. The molecule has 2 saturated heterocycles. The number of likely N-dealkylation sites (tertiary alicyclic amines) is 1. The van der Waals surface area contributed by atoms with Crippen molar-refractivity contribution in [1.82, 2.24) is 10.2 Å². The molecule has 0 bridgehead atoms. The van der Waals surface area contributed by atoms with Crippen LogP contribution in [0.15, 0.2) is 0 Å². The molecule has 2 heterocycles. The molecule has 0 aromatic carbocycles. The maximum Gasteiger partial charge on any atom is 0.219 e. The van der Waals surface area contributed by atoms with Crippen molar-refractivity contribution in [3.05, 3.63) is 0 Å². The summed E-state index contributed by atoms with van der Waals surface area (Å²) in [5.41, 5.74) is 0.436. The van der Waals surface area contributed by atoms with Gasteiger partial charge in [-0.2, -0.15) is 0 Å². The minimum atomic E-state index is 0.235. The maximum atomic E-state index is 11.1. The van der Waals surface area contributed by atoms with E-state index in [9.17, 15) is 4.79 Å². The lowest BCUT2D eigenvalue weighted by molar-refractivity contribution is -0.128. The summed E-state index contributed by atoms with van der Waals surface area (Å²) >= 11 is 0. The van der Waals surface area contributed by atoms with Crippen molar-refractivity contribution in [3.8, 4) is 0 Å². The van der Waals surface area contributed by atoms with E-state index < -0.39 is 0 Å². The van der Waals surface area contributed by atoms with Crippen LogP contribution >= 0.6 is 0 Å². The summed E-state index contributed by atoms with van der Waals surface area (Å²) in [6.07, 6.45) is 5.08. The third-order valence-electron chi connectivity index (χ3n) is 3.72. The summed E-state index contributed by atoms with van der Waals surface area (Å²) in [7, 11) is 0. The number of unbranched alkanes of at least 4 members (excludes halogenated alkanes) is 1. The third kappa shape index (κ3) is 3.48. The molecule has 1 spiro atoms. The van der Waals surface area contributed by atoms with E-state index in [-0.39, 0.29) is 5.91 Å². The number of amides is 1. The molecule has 0 aliphatic carbocycles. The van der Waals surface area contributed by atoms with Gasteiger partial charge in [0.2, 0.25) is 5.91 Å². The highest BCUT2D eigenvalue weighted by atomic mass is 16.2. The second kappa shape index (κ2) is 6.24. The van der Waals surface area contributed by atoms with Gasteiger partial charge < -0.3 is 10.2 Å². The Balaban J connectivity index is 0.000000280. The van der Waals surface area contributed by atoms with Crippen LogP contribution < -0.4 is 5.32 Å². The summed E-state index contributed by atoms with van der Waals surface area (Å²) in [4.78, 5) is 13.1. The fourth-order valence-electron chi connectivity index (χ4n) is 2.35. The fraction of sp³-hybridized carbons (Fsp3) is 0.923. The van der Waals surface area contributed by atoms with Crippen molar-refractivity contribution in [2.45, 2.75) is 46.5 Å². The molecule has 1 amide bonds. The fourth-order valence-corrected chi connectivity index (χ4v) is 2.35. The van der Waals surface area contributed by atoms with Crippen molar-refractivity contribution in [2.24, 2.45) is 5.41 Å². The lowest BCUT2D eigenvalue weighted by Gasteiger charge is -2.21. The Morgan fingerprint density at radius 3 is 2.38 bits per heavy atom. The maximum absolute atomic E-state index is 11.1. The standard InChI is InChI=1S/C9H16N2O.C4H10/c1-8(12)11-5-3-9(7-11)2-4-10-6-9;1-3-4-2/h10H,2-7H2,1H3;3-4H2,1-2H3. The highest BCUT2D eigenvalue weighted by Crippen LogP contribution is 2.35. The van der Waals surface area contributed by atoms with Crippen LogP contribution in [0.1, 0.15) is 46.5 Å². The molecular weight excluding hydrogens is 200 g/mol. The molecule has 0 aromatic heterocycles. The quantitative estimate of drug-likeness (QED) is 0.742. The highest BCUT2D eigenvalue weighted by Gasteiger charge is 2.40. The van der Waals surface area contributed by atoms with Crippen molar-refractivity contribution in [3.63, 3.8) is 0 Å². The van der Waals surface area contributed by atoms with Crippen LogP contribution in [0.4, 0.5) is 0 Å². The van der Waals surface area contributed by atoms with E-state index in [1.54, 1.807) is 6.92 Å². The summed E-state index contributed by atoms with van der Waals surface area (Å²) in [6.45, 7) is 10.2. The minimum Gasteiger partial charge on any atom is -0.342 e. The highest BCUT2D eigenvalue weighted by molar-refractivity contribution is 5.73. The number of rotatable bonds is 1. The molecule has 1 N–H and O–H groups in total. The number of nitrogens with one attached hydrogen (secondary N) is 1. The number of carbonyl (C=O) groups excluding carboxylic acids is 1. The normalized spacial score (nSPS) is 28.1. The zero-order valence-corrected chi connectivity index (χ0v) is 11.0. The number of hydrogen-bond donors (Lipinski definition) is 1. The molecule has 2 aliphatic rings. The van der Waals surface area contributed by atoms with Crippen LogP contribution in [0.5, 0.6) is 0 Å². The van der Waals surface area contributed by atoms with Crippen LogP contribution in [0, 0.1) is 5.41 Å². The third-order valence-corrected chi connectivity index (χ3v) is 3.72. The number of nitrogens with zero attached hydrogens (tertiary/aromatic N) is 1. The van der Waals surface area contributed by atoms with E-state index in [1.807, 2.05) is 4.90 Å². The Morgan fingerprint density at radius 1 is 1.31 bits per heavy atom. The molecule has 3 heteroatoms. The average Bonchev–Trinajstić information content (AvgIpc) is 2.90. The molecular formula is C13H26N2O. The molecule has 1 unspecified atom stereocenters. The Bertz CT molecular complexity index is 220. The van der Waals surface area contributed by atoms with Crippen LogP contribution in [0.2, 0.25) is 0 Å². The van der Waals surface area contributed by atoms with E-state index in [0.717, 1.165) is 26.2 Å². The molecule has 0 radical (unpaired) electrons. The van der Waals surface area contributed by atoms with Gasteiger partial charge in [-0.25, -0.2) is 0 Å². The van der Waals surface area contributed by atoms with Crippen LogP contribution in [-0.4, -0.2) is 37.0 Å². The number of carbonyl (C=O) groups is 1. The van der Waals surface area contributed by atoms with E-state index in [2.05, 4.69) is 19.2 Å². The van der Waals surface area contributed by atoms with Gasteiger partial charge in [0.1, 0.15) is 0 Å². The van der Waals surface area contributed by atoms with Gasteiger partial charge in [-0.05, 0) is 19.4 Å². The minimum absolute atomic E-state index is 0.235. The van der Waals surface area contributed by atoms with Gasteiger partial charge in [0.15, 0.2) is 0 Å². The summed E-state index contributed by atoms with van der Waals surface area (Å²) in [6, 6.07) is 0. The molecule has 16 heavy (non-hydrogen) atoms. The largest absolute Gasteiger partial charge is 0.342 e. The van der Waals surface area contributed by atoms with E-state index >= 15 is 0 Å². The monoisotopic (exact) mass is 226 g/mol. The van der Waals surface area contributed by atoms with E-state index in [0.29, 0.717) is 5.41 Å². The first-order valence-electron chi connectivity index (χ1n) is 6.60. The summed E-state index contributed by atoms with van der Waals surface area (Å²) in [5, 5.41) is 3.38. The molecule has 3 nitrogen and oxygen atoms in total. The Kier molecular flexibility index (Phi) is 5.26. The van der Waals surface area contributed by atoms with Gasteiger partial charge in [0.25, 0.3) is 0 Å². The first kappa shape index (κ1) is 13.5. The van der Waals surface area contributed by atoms with Crippen molar-refractivity contribution in [2.75, 3.05) is 26.2 Å². The first-order valence-corrected chi connectivity index (χ1v) is 6.60. The smallest absolute Gasteiger partial charge is 0.219 e. The Morgan fingerprint density at radius 2 is 2.00 bits per heavy atom. The first-order chi connectivity index (χ1) is 7.63. The lowest BCUT2D eigenvalue weighted by atomic mass is 9.87. The van der Waals surface area contributed by atoms with Crippen LogP contribution in [0.25, 0.3) is 0 Å². The van der Waals surface area contributed by atoms with Gasteiger partial charge in [-0.15, -0.1) is 0 Å². The summed E-state index contributed by atoms with van der Waals surface area (Å²) < 4.78 is 0. The topological polar surface area (TPSA) is 32.3 Å². The van der Waals surface area contributed by atoms with Gasteiger partial charge in [-0.1, -0.05) is 26.7 Å². The van der Waals surface area contributed by atoms with Crippen molar-refractivity contribution in [1.29, 1.82) is 0 Å². The van der Waals surface area contributed by atoms with Crippen molar-refractivity contribution < 1.29 is 4.79 Å². The SMILES string of the molecule is CC(=O)N1CCC2(CCNC2)C1.CCCC. The molecule has 2 rings (SSSR count). The molecule has 94 valence electrons.